The quantitative estimate of drug-likeness (QED) is 0.684. The number of carbonyl (C=O) groups excluding carboxylic acids is 1. The van der Waals surface area contributed by atoms with E-state index in [-0.39, 0.29) is 5.78 Å². The lowest BCUT2D eigenvalue weighted by molar-refractivity contribution is -0.118. The molecule has 2 aromatic heterocycles. The van der Waals surface area contributed by atoms with Crippen LogP contribution in [0.1, 0.15) is 19.0 Å². The van der Waals surface area contributed by atoms with Gasteiger partial charge in [0, 0.05) is 6.42 Å². The standard InChI is InChI=1S/C8H9N5O/c1-2-7(14)5-6-3-4-8-9-11-12-13(8)10-6/h3-4H,2,5H2,1H3. The number of ketones is 1. The molecular formula is C8H9N5O. The van der Waals surface area contributed by atoms with Crippen molar-refractivity contribution in [3.63, 3.8) is 0 Å². The number of hydrogen-bond acceptors (Lipinski definition) is 5. The first kappa shape index (κ1) is 8.74. The van der Waals surface area contributed by atoms with Gasteiger partial charge in [-0.05, 0) is 22.6 Å². The fraction of sp³-hybridized carbons (Fsp3) is 0.375. The molecule has 0 aromatic carbocycles. The summed E-state index contributed by atoms with van der Waals surface area (Å²) in [5.41, 5.74) is 1.27. The number of carbonyl (C=O) groups is 1. The van der Waals surface area contributed by atoms with Gasteiger partial charge in [-0.2, -0.15) is 5.10 Å². The molecule has 0 spiro atoms. The largest absolute Gasteiger partial charge is 0.299 e. The van der Waals surface area contributed by atoms with Gasteiger partial charge in [0.05, 0.1) is 12.1 Å². The van der Waals surface area contributed by atoms with Crippen LogP contribution >= 0.6 is 0 Å². The van der Waals surface area contributed by atoms with Crippen molar-refractivity contribution in [2.24, 2.45) is 0 Å². The molecule has 0 fully saturated rings. The first-order valence-corrected chi connectivity index (χ1v) is 4.35. The molecule has 2 rings (SSSR count). The van der Waals surface area contributed by atoms with Crippen molar-refractivity contribution in [3.8, 4) is 0 Å². The molecule has 2 aromatic rings. The molecule has 2 heterocycles. The van der Waals surface area contributed by atoms with E-state index in [1.165, 1.54) is 4.63 Å². The Kier molecular flexibility index (Phi) is 2.18. The van der Waals surface area contributed by atoms with Crippen LogP contribution < -0.4 is 0 Å². The van der Waals surface area contributed by atoms with Crippen molar-refractivity contribution >= 4 is 11.4 Å². The van der Waals surface area contributed by atoms with Gasteiger partial charge in [-0.1, -0.05) is 6.92 Å². The zero-order valence-electron chi connectivity index (χ0n) is 7.71. The number of nitrogens with zero attached hydrogens (tertiary/aromatic N) is 5. The fourth-order valence-corrected chi connectivity index (χ4v) is 1.11. The van der Waals surface area contributed by atoms with Crippen LogP contribution in [0.4, 0.5) is 0 Å². The third kappa shape index (κ3) is 1.59. The van der Waals surface area contributed by atoms with Gasteiger partial charge >= 0.3 is 0 Å². The molecule has 0 aliphatic carbocycles. The number of tetrazole rings is 1. The van der Waals surface area contributed by atoms with Gasteiger partial charge in [-0.25, -0.2) is 0 Å². The van der Waals surface area contributed by atoms with Crippen molar-refractivity contribution in [1.82, 2.24) is 25.3 Å². The SMILES string of the molecule is CCC(=O)Cc1ccc2nnnn2n1. The summed E-state index contributed by atoms with van der Waals surface area (Å²) in [7, 11) is 0. The summed E-state index contributed by atoms with van der Waals surface area (Å²) in [6.07, 6.45) is 0.863. The van der Waals surface area contributed by atoms with Crippen LogP contribution in [0, 0.1) is 0 Å². The monoisotopic (exact) mass is 191 g/mol. The van der Waals surface area contributed by atoms with E-state index in [1.54, 1.807) is 12.1 Å². The highest BCUT2D eigenvalue weighted by Crippen LogP contribution is 2.00. The van der Waals surface area contributed by atoms with Crippen molar-refractivity contribution < 1.29 is 4.79 Å². The second-order valence-corrected chi connectivity index (χ2v) is 2.92. The van der Waals surface area contributed by atoms with Gasteiger partial charge < -0.3 is 0 Å². The first-order chi connectivity index (χ1) is 6.79. The van der Waals surface area contributed by atoms with Crippen molar-refractivity contribution in [1.29, 1.82) is 0 Å². The van der Waals surface area contributed by atoms with Gasteiger partial charge in [0.1, 0.15) is 5.78 Å². The lowest BCUT2D eigenvalue weighted by atomic mass is 10.2. The van der Waals surface area contributed by atoms with Crippen molar-refractivity contribution in [3.05, 3.63) is 17.8 Å². The van der Waals surface area contributed by atoms with Crippen LogP contribution in [0.25, 0.3) is 5.65 Å². The summed E-state index contributed by atoms with van der Waals surface area (Å²) in [4.78, 5) is 11.2. The molecule has 72 valence electrons. The predicted molar refractivity (Wildman–Crippen MR) is 47.6 cm³/mol. The van der Waals surface area contributed by atoms with E-state index in [1.807, 2.05) is 6.92 Å². The zero-order chi connectivity index (χ0) is 9.97. The smallest absolute Gasteiger partial charge is 0.199 e. The lowest BCUT2D eigenvalue weighted by Crippen LogP contribution is -2.05. The van der Waals surface area contributed by atoms with E-state index in [9.17, 15) is 4.79 Å². The second kappa shape index (κ2) is 3.49. The molecule has 0 saturated carbocycles. The predicted octanol–water partition coefficient (Wildman–Crippen LogP) is 0.0409. The summed E-state index contributed by atoms with van der Waals surface area (Å²) >= 11 is 0. The molecule has 0 radical (unpaired) electrons. The molecule has 0 unspecified atom stereocenters. The minimum Gasteiger partial charge on any atom is -0.299 e. The Labute approximate surface area is 79.9 Å². The summed E-state index contributed by atoms with van der Waals surface area (Å²) < 4.78 is 1.32. The van der Waals surface area contributed by atoms with Gasteiger partial charge in [0.25, 0.3) is 0 Å². The Balaban J connectivity index is 2.30. The number of hydrogen-bond donors (Lipinski definition) is 0. The van der Waals surface area contributed by atoms with E-state index in [2.05, 4.69) is 20.6 Å². The van der Waals surface area contributed by atoms with Gasteiger partial charge in [0.2, 0.25) is 0 Å². The van der Waals surface area contributed by atoms with Crippen molar-refractivity contribution in [2.45, 2.75) is 19.8 Å². The van der Waals surface area contributed by atoms with E-state index in [0.717, 1.165) is 0 Å². The topological polar surface area (TPSA) is 73.0 Å². The Morgan fingerprint density at radius 1 is 1.50 bits per heavy atom. The fourth-order valence-electron chi connectivity index (χ4n) is 1.11. The molecule has 6 heteroatoms. The molecule has 6 nitrogen and oxygen atoms in total. The number of aromatic nitrogens is 5. The summed E-state index contributed by atoms with van der Waals surface area (Å²) in [5, 5.41) is 14.9. The van der Waals surface area contributed by atoms with Gasteiger partial charge in [-0.3, -0.25) is 4.79 Å². The average molecular weight is 191 g/mol. The number of fused-ring (bicyclic) bond motifs is 1. The molecular weight excluding hydrogens is 182 g/mol. The molecule has 14 heavy (non-hydrogen) atoms. The molecule has 0 bridgehead atoms. The number of rotatable bonds is 3. The van der Waals surface area contributed by atoms with Crippen LogP contribution in [-0.2, 0) is 11.2 Å². The highest BCUT2D eigenvalue weighted by Gasteiger charge is 2.04. The van der Waals surface area contributed by atoms with Crippen molar-refractivity contribution in [2.75, 3.05) is 0 Å². The first-order valence-electron chi connectivity index (χ1n) is 4.35. The third-order valence-electron chi connectivity index (χ3n) is 1.90. The summed E-state index contributed by atoms with van der Waals surface area (Å²) in [5.74, 6) is 0.157. The molecule has 0 saturated heterocycles. The second-order valence-electron chi connectivity index (χ2n) is 2.92. The van der Waals surface area contributed by atoms with Gasteiger partial charge in [0.15, 0.2) is 5.65 Å². The van der Waals surface area contributed by atoms with E-state index >= 15 is 0 Å². The summed E-state index contributed by atoms with van der Waals surface area (Å²) in [6.45, 7) is 1.83. The van der Waals surface area contributed by atoms with E-state index < -0.39 is 0 Å². The number of Topliss-reactive ketones (excluding diaryl/α,β-unsaturated/α-hetero) is 1. The Morgan fingerprint density at radius 3 is 3.14 bits per heavy atom. The normalized spacial score (nSPS) is 10.6. The minimum atomic E-state index is 0.157. The van der Waals surface area contributed by atoms with Crippen LogP contribution in [0.3, 0.4) is 0 Å². The Morgan fingerprint density at radius 2 is 2.36 bits per heavy atom. The average Bonchev–Trinajstić information content (AvgIpc) is 2.64. The van der Waals surface area contributed by atoms with Crippen LogP contribution in [-0.4, -0.2) is 31.0 Å². The maximum atomic E-state index is 11.2. The molecule has 0 amide bonds. The molecule has 0 aliphatic heterocycles. The molecule has 0 aliphatic rings. The maximum Gasteiger partial charge on any atom is 0.199 e. The minimum absolute atomic E-state index is 0.157. The van der Waals surface area contributed by atoms with E-state index in [4.69, 9.17) is 0 Å². The van der Waals surface area contributed by atoms with E-state index in [0.29, 0.717) is 24.2 Å². The molecule has 0 N–H and O–H groups in total. The highest BCUT2D eigenvalue weighted by molar-refractivity contribution is 5.80. The van der Waals surface area contributed by atoms with Gasteiger partial charge in [-0.15, -0.1) is 9.73 Å². The van der Waals surface area contributed by atoms with Crippen LogP contribution in [0.2, 0.25) is 0 Å². The van der Waals surface area contributed by atoms with Crippen LogP contribution in [0.15, 0.2) is 12.1 Å². The maximum absolute atomic E-state index is 11.2. The third-order valence-corrected chi connectivity index (χ3v) is 1.90. The highest BCUT2D eigenvalue weighted by atomic mass is 16.1. The molecule has 0 atom stereocenters. The lowest BCUT2D eigenvalue weighted by Gasteiger charge is -1.96. The van der Waals surface area contributed by atoms with Crippen LogP contribution in [0.5, 0.6) is 0 Å². The Hall–Kier alpha value is -1.85. The summed E-state index contributed by atoms with van der Waals surface area (Å²) in [6, 6.07) is 3.50. The Bertz CT molecular complexity index is 463. The zero-order valence-corrected chi connectivity index (χ0v) is 7.71.